The van der Waals surface area contributed by atoms with Gasteiger partial charge in [-0.3, -0.25) is 4.90 Å². The molecule has 1 aromatic rings. The van der Waals surface area contributed by atoms with Gasteiger partial charge in [0.15, 0.2) is 11.6 Å². The summed E-state index contributed by atoms with van der Waals surface area (Å²) in [6.45, 7) is 2.57. The van der Waals surface area contributed by atoms with Crippen molar-refractivity contribution >= 4 is 24.8 Å². The molecule has 1 fully saturated rings. The number of rotatable bonds is 5. The van der Waals surface area contributed by atoms with Gasteiger partial charge in [0, 0.05) is 44.2 Å². The van der Waals surface area contributed by atoms with E-state index in [1.807, 2.05) is 4.90 Å². The van der Waals surface area contributed by atoms with Crippen LogP contribution in [0.5, 0.6) is 5.75 Å². The first-order chi connectivity index (χ1) is 10.4. The lowest BCUT2D eigenvalue weighted by atomic mass is 9.98. The lowest BCUT2D eigenvalue weighted by molar-refractivity contribution is -0.138. The Labute approximate surface area is 151 Å². The molecule has 0 aromatic heterocycles. The van der Waals surface area contributed by atoms with Gasteiger partial charge in [0.25, 0.3) is 0 Å². The molecular formula is C15H22Cl2F4N2O. The minimum Gasteiger partial charge on any atom is -0.494 e. The molecule has 0 amide bonds. The second-order valence-electron chi connectivity index (χ2n) is 5.32. The van der Waals surface area contributed by atoms with Gasteiger partial charge in [0.1, 0.15) is 0 Å². The molecule has 9 heteroatoms. The summed E-state index contributed by atoms with van der Waals surface area (Å²) in [5.74, 6) is -0.514. The van der Waals surface area contributed by atoms with Gasteiger partial charge in [-0.25, -0.2) is 4.39 Å². The number of hydrogen-bond donors (Lipinski definition) is 1. The standard InChI is InChI=1S/C15H20F4N2O.2ClH/c1-22-13-4-2-3-11(14(13)16)12(5-6-15(17,18)19)21-9-7-20-8-10-21;;/h2-4,12,20H,5-10H2,1H3;2*1H/t12-;;/m0../s1. The molecule has 1 aliphatic heterocycles. The number of nitrogens with one attached hydrogen (secondary N) is 1. The minimum atomic E-state index is -4.25. The Hall–Kier alpha value is -0.760. The number of alkyl halides is 3. The van der Waals surface area contributed by atoms with Crippen LogP contribution < -0.4 is 10.1 Å². The normalized spacial score (nSPS) is 16.7. The van der Waals surface area contributed by atoms with Crippen LogP contribution >= 0.6 is 24.8 Å². The quantitative estimate of drug-likeness (QED) is 0.767. The van der Waals surface area contributed by atoms with E-state index in [1.54, 1.807) is 12.1 Å². The third-order valence-electron chi connectivity index (χ3n) is 3.87. The Morgan fingerprint density at radius 3 is 2.38 bits per heavy atom. The van der Waals surface area contributed by atoms with Crippen LogP contribution in [0.4, 0.5) is 17.6 Å². The van der Waals surface area contributed by atoms with Crippen molar-refractivity contribution in [3.8, 4) is 5.75 Å². The van der Waals surface area contributed by atoms with Crippen molar-refractivity contribution in [2.45, 2.75) is 25.1 Å². The number of halogens is 6. The van der Waals surface area contributed by atoms with E-state index in [0.717, 1.165) is 0 Å². The molecule has 0 saturated carbocycles. The van der Waals surface area contributed by atoms with E-state index < -0.39 is 24.5 Å². The summed E-state index contributed by atoms with van der Waals surface area (Å²) in [5.41, 5.74) is 0.269. The van der Waals surface area contributed by atoms with Crippen molar-refractivity contribution in [1.29, 1.82) is 0 Å². The maximum absolute atomic E-state index is 14.4. The van der Waals surface area contributed by atoms with Crippen molar-refractivity contribution in [2.24, 2.45) is 0 Å². The third-order valence-corrected chi connectivity index (χ3v) is 3.87. The Balaban J connectivity index is 0.00000264. The van der Waals surface area contributed by atoms with Gasteiger partial charge in [-0.15, -0.1) is 24.8 Å². The van der Waals surface area contributed by atoms with E-state index in [4.69, 9.17) is 4.74 Å². The predicted molar refractivity (Wildman–Crippen MR) is 89.9 cm³/mol. The lowest BCUT2D eigenvalue weighted by Gasteiger charge is -2.35. The first kappa shape index (κ1) is 23.2. The SMILES string of the molecule is COc1cccc([C@H](CCC(F)(F)F)N2CCNCC2)c1F.Cl.Cl. The molecule has 1 saturated heterocycles. The van der Waals surface area contributed by atoms with Crippen molar-refractivity contribution in [3.05, 3.63) is 29.6 Å². The topological polar surface area (TPSA) is 24.5 Å². The van der Waals surface area contributed by atoms with Crippen LogP contribution in [0.25, 0.3) is 0 Å². The second-order valence-corrected chi connectivity index (χ2v) is 5.32. The lowest BCUT2D eigenvalue weighted by Crippen LogP contribution is -2.45. The molecule has 0 bridgehead atoms. The zero-order chi connectivity index (χ0) is 16.2. The van der Waals surface area contributed by atoms with Crippen molar-refractivity contribution in [1.82, 2.24) is 10.2 Å². The number of ether oxygens (including phenoxy) is 1. The van der Waals surface area contributed by atoms with Crippen LogP contribution in [0.15, 0.2) is 18.2 Å². The predicted octanol–water partition coefficient (Wildman–Crippen LogP) is 3.97. The Morgan fingerprint density at radius 1 is 1.21 bits per heavy atom. The number of piperazine rings is 1. The van der Waals surface area contributed by atoms with Gasteiger partial charge < -0.3 is 10.1 Å². The highest BCUT2D eigenvalue weighted by atomic mass is 35.5. The Bertz CT molecular complexity index is 497. The molecule has 0 radical (unpaired) electrons. The molecule has 1 N–H and O–H groups in total. The van der Waals surface area contributed by atoms with E-state index >= 15 is 0 Å². The van der Waals surface area contributed by atoms with E-state index in [1.165, 1.54) is 13.2 Å². The van der Waals surface area contributed by atoms with Gasteiger partial charge in [-0.2, -0.15) is 13.2 Å². The monoisotopic (exact) mass is 392 g/mol. The van der Waals surface area contributed by atoms with Gasteiger partial charge in [-0.05, 0) is 12.5 Å². The molecule has 0 aliphatic carbocycles. The fraction of sp³-hybridized carbons (Fsp3) is 0.600. The summed E-state index contributed by atoms with van der Waals surface area (Å²) in [6.07, 6.45) is -5.34. The summed E-state index contributed by atoms with van der Waals surface area (Å²) in [5, 5.41) is 3.15. The highest BCUT2D eigenvalue weighted by molar-refractivity contribution is 5.85. The first-order valence-corrected chi connectivity index (χ1v) is 7.26. The summed E-state index contributed by atoms with van der Waals surface area (Å²) < 4.78 is 57.2. The van der Waals surface area contributed by atoms with Crippen LogP contribution in [0.3, 0.4) is 0 Å². The number of nitrogens with zero attached hydrogens (tertiary/aromatic N) is 1. The first-order valence-electron chi connectivity index (χ1n) is 7.26. The zero-order valence-corrected chi connectivity index (χ0v) is 14.9. The van der Waals surface area contributed by atoms with Gasteiger partial charge >= 0.3 is 6.18 Å². The highest BCUT2D eigenvalue weighted by Crippen LogP contribution is 2.35. The number of methoxy groups -OCH3 is 1. The van der Waals surface area contributed by atoms with E-state index in [0.29, 0.717) is 26.2 Å². The van der Waals surface area contributed by atoms with Crippen molar-refractivity contribution < 1.29 is 22.3 Å². The van der Waals surface area contributed by atoms with Crippen LogP contribution in [-0.4, -0.2) is 44.4 Å². The molecular weight excluding hydrogens is 371 g/mol. The Kier molecular flexibility index (Phi) is 9.96. The van der Waals surface area contributed by atoms with E-state index in [9.17, 15) is 17.6 Å². The van der Waals surface area contributed by atoms with Crippen LogP contribution in [0.2, 0.25) is 0 Å². The number of hydrogen-bond acceptors (Lipinski definition) is 3. The van der Waals surface area contributed by atoms with Crippen LogP contribution in [-0.2, 0) is 0 Å². The smallest absolute Gasteiger partial charge is 0.389 e. The Morgan fingerprint density at radius 2 is 1.83 bits per heavy atom. The van der Waals surface area contributed by atoms with Crippen LogP contribution in [0.1, 0.15) is 24.4 Å². The maximum atomic E-state index is 14.4. The number of benzene rings is 1. The average molecular weight is 393 g/mol. The summed E-state index contributed by atoms with van der Waals surface area (Å²) in [7, 11) is 1.34. The van der Waals surface area contributed by atoms with Gasteiger partial charge in [0.05, 0.1) is 7.11 Å². The maximum Gasteiger partial charge on any atom is 0.389 e. The summed E-state index contributed by atoms with van der Waals surface area (Å²) >= 11 is 0. The molecule has 2 rings (SSSR count). The molecule has 1 aromatic carbocycles. The molecule has 140 valence electrons. The van der Waals surface area contributed by atoms with Crippen molar-refractivity contribution in [2.75, 3.05) is 33.3 Å². The highest BCUT2D eigenvalue weighted by Gasteiger charge is 2.32. The summed E-state index contributed by atoms with van der Waals surface area (Å²) in [6, 6.07) is 4.03. The van der Waals surface area contributed by atoms with E-state index in [-0.39, 0.29) is 42.5 Å². The average Bonchev–Trinajstić information content (AvgIpc) is 2.49. The minimum absolute atomic E-state index is 0. The fourth-order valence-electron chi connectivity index (χ4n) is 2.77. The van der Waals surface area contributed by atoms with Gasteiger partial charge in [-0.1, -0.05) is 12.1 Å². The molecule has 24 heavy (non-hydrogen) atoms. The molecule has 3 nitrogen and oxygen atoms in total. The molecule has 0 spiro atoms. The second kappa shape index (κ2) is 10.3. The molecule has 1 atom stereocenters. The van der Waals surface area contributed by atoms with E-state index in [2.05, 4.69) is 5.32 Å². The van der Waals surface area contributed by atoms with Crippen molar-refractivity contribution in [3.63, 3.8) is 0 Å². The largest absolute Gasteiger partial charge is 0.494 e. The molecule has 0 unspecified atom stereocenters. The summed E-state index contributed by atoms with van der Waals surface area (Å²) in [4.78, 5) is 1.90. The molecule has 1 heterocycles. The zero-order valence-electron chi connectivity index (χ0n) is 13.2. The van der Waals surface area contributed by atoms with Gasteiger partial charge in [0.2, 0.25) is 0 Å². The fourth-order valence-corrected chi connectivity index (χ4v) is 2.77. The third kappa shape index (κ3) is 6.27. The molecule has 1 aliphatic rings. The van der Waals surface area contributed by atoms with Crippen LogP contribution in [0, 0.1) is 5.82 Å².